The minimum atomic E-state index is -1.04. The van der Waals surface area contributed by atoms with Gasteiger partial charge in [0, 0.05) is 18.5 Å². The largest absolute Gasteiger partial charge is 0.465 e. The van der Waals surface area contributed by atoms with Crippen LogP contribution in [0.5, 0.6) is 0 Å². The lowest BCUT2D eigenvalue weighted by Crippen LogP contribution is -2.51. The van der Waals surface area contributed by atoms with Crippen LogP contribution in [-0.4, -0.2) is 42.3 Å². The van der Waals surface area contributed by atoms with Gasteiger partial charge in [-0.1, -0.05) is 12.1 Å². The molecule has 0 saturated carbocycles. The number of hydrogen-bond acceptors (Lipinski definition) is 5. The van der Waals surface area contributed by atoms with Crippen molar-refractivity contribution < 1.29 is 23.5 Å². The Labute approximate surface area is 165 Å². The molecule has 1 saturated heterocycles. The summed E-state index contributed by atoms with van der Waals surface area (Å²) in [6.45, 7) is 7.88. The number of piperidine rings is 1. The van der Waals surface area contributed by atoms with E-state index < -0.39 is 34.8 Å². The third-order valence-corrected chi connectivity index (χ3v) is 4.93. The monoisotopic (exact) mass is 390 g/mol. The molecule has 1 atom stereocenters. The fourth-order valence-corrected chi connectivity index (χ4v) is 3.57. The predicted octanol–water partition coefficient (Wildman–Crippen LogP) is 3.80. The number of nitrogens with zero attached hydrogens (tertiary/aromatic N) is 2. The van der Waals surface area contributed by atoms with E-state index in [-0.39, 0.29) is 6.61 Å². The molecule has 6 nitrogen and oxygen atoms in total. The van der Waals surface area contributed by atoms with Gasteiger partial charge < -0.3 is 14.4 Å². The quantitative estimate of drug-likeness (QED) is 0.731. The summed E-state index contributed by atoms with van der Waals surface area (Å²) in [6, 6.07) is 7.92. The maximum absolute atomic E-state index is 13.4. The van der Waals surface area contributed by atoms with Crippen molar-refractivity contribution in [2.24, 2.45) is 5.92 Å². The Morgan fingerprint density at radius 3 is 2.29 bits per heavy atom. The topological polar surface area (TPSA) is 79.6 Å². The SMILES string of the molecule is CCOC(=O)C(C#N)C1(c2ccc(F)cc2)CCN(C(=O)OC(C)(C)C)CC1. The molecule has 1 aromatic rings. The maximum Gasteiger partial charge on any atom is 0.410 e. The first-order valence-corrected chi connectivity index (χ1v) is 9.43. The van der Waals surface area contributed by atoms with E-state index in [1.54, 1.807) is 44.7 Å². The van der Waals surface area contributed by atoms with Crippen molar-refractivity contribution in [2.45, 2.75) is 51.6 Å². The van der Waals surface area contributed by atoms with Crippen LogP contribution in [0.3, 0.4) is 0 Å². The Bertz CT molecular complexity index is 741. The van der Waals surface area contributed by atoms with Gasteiger partial charge in [0.05, 0.1) is 12.7 Å². The molecule has 1 aliphatic rings. The summed E-state index contributed by atoms with van der Waals surface area (Å²) in [4.78, 5) is 26.5. The van der Waals surface area contributed by atoms with E-state index in [9.17, 15) is 19.2 Å². The number of hydrogen-bond donors (Lipinski definition) is 0. The molecule has 1 aromatic carbocycles. The van der Waals surface area contributed by atoms with Gasteiger partial charge in [0.25, 0.3) is 0 Å². The number of rotatable bonds is 4. The number of ether oxygens (including phenoxy) is 2. The summed E-state index contributed by atoms with van der Waals surface area (Å²) in [5.41, 5.74) is -0.770. The second-order valence-electron chi connectivity index (χ2n) is 7.94. The number of benzene rings is 1. The highest BCUT2D eigenvalue weighted by Gasteiger charge is 2.48. The highest BCUT2D eigenvalue weighted by molar-refractivity contribution is 5.78. The summed E-state index contributed by atoms with van der Waals surface area (Å²) < 4.78 is 24.0. The zero-order valence-corrected chi connectivity index (χ0v) is 16.8. The molecule has 1 fully saturated rings. The molecule has 1 aliphatic heterocycles. The van der Waals surface area contributed by atoms with E-state index in [0.29, 0.717) is 31.5 Å². The molecule has 0 radical (unpaired) electrons. The molecule has 2 rings (SSSR count). The van der Waals surface area contributed by atoms with Crippen LogP contribution in [-0.2, 0) is 19.7 Å². The van der Waals surface area contributed by atoms with Crippen LogP contribution in [0, 0.1) is 23.1 Å². The number of carbonyl (C=O) groups is 2. The summed E-state index contributed by atoms with van der Waals surface area (Å²) >= 11 is 0. The average Bonchev–Trinajstić information content (AvgIpc) is 2.62. The van der Waals surface area contributed by atoms with E-state index in [4.69, 9.17) is 9.47 Å². The van der Waals surface area contributed by atoms with Gasteiger partial charge in [-0.15, -0.1) is 0 Å². The predicted molar refractivity (Wildman–Crippen MR) is 101 cm³/mol. The van der Waals surface area contributed by atoms with Crippen LogP contribution in [0.25, 0.3) is 0 Å². The molecule has 152 valence electrons. The molecule has 0 aromatic heterocycles. The minimum Gasteiger partial charge on any atom is -0.465 e. The molecule has 0 aliphatic carbocycles. The number of esters is 1. The fraction of sp³-hybridized carbons (Fsp3) is 0.571. The molecule has 1 heterocycles. The van der Waals surface area contributed by atoms with Gasteiger partial charge in [-0.3, -0.25) is 4.79 Å². The van der Waals surface area contributed by atoms with Gasteiger partial charge >= 0.3 is 12.1 Å². The van der Waals surface area contributed by atoms with Crippen molar-refractivity contribution in [1.82, 2.24) is 4.90 Å². The Hall–Kier alpha value is -2.62. The van der Waals surface area contributed by atoms with Gasteiger partial charge in [-0.05, 0) is 58.2 Å². The highest BCUT2D eigenvalue weighted by Crippen LogP contribution is 2.43. The summed E-state index contributed by atoms with van der Waals surface area (Å²) in [5, 5.41) is 9.75. The Morgan fingerprint density at radius 2 is 1.82 bits per heavy atom. The van der Waals surface area contributed by atoms with Crippen molar-refractivity contribution in [1.29, 1.82) is 5.26 Å². The number of carbonyl (C=O) groups excluding carboxylic acids is 2. The van der Waals surface area contributed by atoms with E-state index in [0.717, 1.165) is 0 Å². The maximum atomic E-state index is 13.4. The standard InChI is InChI=1S/C21H27FN2O4/c1-5-27-18(25)17(14-23)21(15-6-8-16(22)9-7-15)10-12-24(13-11-21)19(26)28-20(2,3)4/h6-9,17H,5,10-13H2,1-4H3. The van der Waals surface area contributed by atoms with Crippen LogP contribution >= 0.6 is 0 Å². The Balaban J connectivity index is 2.32. The Morgan fingerprint density at radius 1 is 1.25 bits per heavy atom. The number of likely N-dealkylation sites (tertiary alicyclic amines) is 1. The molecule has 28 heavy (non-hydrogen) atoms. The zero-order chi connectivity index (χ0) is 20.9. The van der Waals surface area contributed by atoms with E-state index in [1.165, 1.54) is 12.1 Å². The molecule has 7 heteroatoms. The summed E-state index contributed by atoms with van der Waals surface area (Å²) in [6.07, 6.45) is 0.314. The van der Waals surface area contributed by atoms with Crippen molar-refractivity contribution in [3.05, 3.63) is 35.6 Å². The lowest BCUT2D eigenvalue weighted by Gasteiger charge is -2.44. The van der Waals surface area contributed by atoms with Gasteiger partial charge in [0.2, 0.25) is 0 Å². The van der Waals surface area contributed by atoms with Gasteiger partial charge in [0.1, 0.15) is 11.4 Å². The minimum absolute atomic E-state index is 0.167. The molecule has 1 amide bonds. The van der Waals surface area contributed by atoms with Crippen molar-refractivity contribution in [3.63, 3.8) is 0 Å². The second kappa shape index (κ2) is 8.59. The van der Waals surface area contributed by atoms with E-state index >= 15 is 0 Å². The number of amides is 1. The molecule has 1 unspecified atom stereocenters. The first-order valence-electron chi connectivity index (χ1n) is 9.43. The number of nitriles is 1. The van der Waals surface area contributed by atoms with Crippen LogP contribution < -0.4 is 0 Å². The van der Waals surface area contributed by atoms with Crippen LogP contribution in [0.4, 0.5) is 9.18 Å². The first-order chi connectivity index (χ1) is 13.1. The smallest absolute Gasteiger partial charge is 0.410 e. The third kappa shape index (κ3) is 4.80. The number of halogens is 1. The average molecular weight is 390 g/mol. The second-order valence-corrected chi connectivity index (χ2v) is 7.94. The van der Waals surface area contributed by atoms with Crippen molar-refractivity contribution in [3.8, 4) is 6.07 Å². The molecular formula is C21H27FN2O4. The molecule has 0 bridgehead atoms. The van der Waals surface area contributed by atoms with Gasteiger partial charge in [0.15, 0.2) is 5.92 Å². The van der Waals surface area contributed by atoms with Crippen molar-refractivity contribution >= 4 is 12.1 Å². The van der Waals surface area contributed by atoms with E-state index in [2.05, 4.69) is 6.07 Å². The van der Waals surface area contributed by atoms with Crippen molar-refractivity contribution in [2.75, 3.05) is 19.7 Å². The highest BCUT2D eigenvalue weighted by atomic mass is 19.1. The van der Waals surface area contributed by atoms with Crippen LogP contribution in [0.15, 0.2) is 24.3 Å². The van der Waals surface area contributed by atoms with Crippen LogP contribution in [0.2, 0.25) is 0 Å². The Kier molecular flexibility index (Phi) is 6.65. The van der Waals surface area contributed by atoms with Gasteiger partial charge in [-0.25, -0.2) is 9.18 Å². The third-order valence-electron chi connectivity index (χ3n) is 4.93. The zero-order valence-electron chi connectivity index (χ0n) is 16.8. The lowest BCUT2D eigenvalue weighted by atomic mass is 9.64. The normalized spacial score (nSPS) is 17.4. The summed E-state index contributed by atoms with van der Waals surface area (Å²) in [7, 11) is 0. The summed E-state index contributed by atoms with van der Waals surface area (Å²) in [5.74, 6) is -2.03. The molecule has 0 N–H and O–H groups in total. The fourth-order valence-electron chi connectivity index (χ4n) is 3.57. The van der Waals surface area contributed by atoms with Gasteiger partial charge in [-0.2, -0.15) is 5.26 Å². The van der Waals surface area contributed by atoms with E-state index in [1.807, 2.05) is 0 Å². The lowest BCUT2D eigenvalue weighted by molar-refractivity contribution is -0.149. The first kappa shape index (κ1) is 21.7. The molecular weight excluding hydrogens is 363 g/mol. The van der Waals surface area contributed by atoms with Crippen LogP contribution in [0.1, 0.15) is 46.1 Å². The molecule has 0 spiro atoms.